The van der Waals surface area contributed by atoms with Crippen molar-refractivity contribution in [1.82, 2.24) is 0 Å². The van der Waals surface area contributed by atoms with Gasteiger partial charge in [-0.25, -0.2) is 4.79 Å². The average molecular weight is 374 g/mol. The van der Waals surface area contributed by atoms with Crippen LogP contribution in [0.15, 0.2) is 54.6 Å². The molecular formula is C20H20ClNO4. The fourth-order valence-corrected chi connectivity index (χ4v) is 2.25. The molecule has 0 fully saturated rings. The predicted molar refractivity (Wildman–Crippen MR) is 102 cm³/mol. The standard InChI is InChI=1S/C20H20ClNO4/c1-3-25-16-11-8-15(9-12-16)10-13-19(23)26-14(2)20(24)22-18-7-5-4-6-17(18)21/h4-14H,3H2,1-2H3,(H,22,24)/b13-10+/t14-/m0/s1. The third-order valence-corrected chi connectivity index (χ3v) is 3.73. The molecule has 0 heterocycles. The zero-order chi connectivity index (χ0) is 18.9. The summed E-state index contributed by atoms with van der Waals surface area (Å²) in [6.45, 7) is 4.00. The summed E-state index contributed by atoms with van der Waals surface area (Å²) in [6, 6.07) is 14.1. The summed E-state index contributed by atoms with van der Waals surface area (Å²) in [4.78, 5) is 24.0. The zero-order valence-electron chi connectivity index (χ0n) is 14.6. The van der Waals surface area contributed by atoms with Crippen molar-refractivity contribution in [1.29, 1.82) is 0 Å². The van der Waals surface area contributed by atoms with E-state index in [0.717, 1.165) is 11.3 Å². The molecule has 0 aliphatic heterocycles. The van der Waals surface area contributed by atoms with E-state index in [2.05, 4.69) is 5.32 Å². The fourth-order valence-electron chi connectivity index (χ4n) is 2.07. The van der Waals surface area contributed by atoms with Crippen molar-refractivity contribution in [3.05, 3.63) is 65.2 Å². The van der Waals surface area contributed by atoms with Crippen molar-refractivity contribution in [2.75, 3.05) is 11.9 Å². The van der Waals surface area contributed by atoms with Crippen LogP contribution in [0.5, 0.6) is 5.75 Å². The Morgan fingerprint density at radius 2 is 1.85 bits per heavy atom. The molecule has 2 aromatic rings. The van der Waals surface area contributed by atoms with Crippen molar-refractivity contribution < 1.29 is 19.1 Å². The molecule has 26 heavy (non-hydrogen) atoms. The summed E-state index contributed by atoms with van der Waals surface area (Å²) >= 11 is 5.98. The number of ether oxygens (including phenoxy) is 2. The molecule has 2 rings (SSSR count). The largest absolute Gasteiger partial charge is 0.494 e. The van der Waals surface area contributed by atoms with E-state index in [-0.39, 0.29) is 0 Å². The summed E-state index contributed by atoms with van der Waals surface area (Å²) in [5.74, 6) is -0.307. The number of esters is 1. The van der Waals surface area contributed by atoms with Crippen molar-refractivity contribution in [3.8, 4) is 5.75 Å². The van der Waals surface area contributed by atoms with E-state index < -0.39 is 18.0 Å². The number of hydrogen-bond acceptors (Lipinski definition) is 4. The van der Waals surface area contributed by atoms with Gasteiger partial charge >= 0.3 is 5.97 Å². The predicted octanol–water partition coefficient (Wildman–Crippen LogP) is 4.32. The molecule has 2 aromatic carbocycles. The van der Waals surface area contributed by atoms with Gasteiger partial charge in [-0.1, -0.05) is 35.9 Å². The first-order valence-electron chi connectivity index (χ1n) is 8.16. The van der Waals surface area contributed by atoms with Crippen molar-refractivity contribution >= 4 is 35.2 Å². The van der Waals surface area contributed by atoms with Crippen molar-refractivity contribution in [2.24, 2.45) is 0 Å². The Morgan fingerprint density at radius 3 is 2.50 bits per heavy atom. The maximum Gasteiger partial charge on any atom is 0.331 e. The minimum atomic E-state index is -0.955. The molecule has 0 aliphatic carbocycles. The van der Waals surface area contributed by atoms with Gasteiger partial charge in [0.05, 0.1) is 17.3 Å². The van der Waals surface area contributed by atoms with E-state index in [4.69, 9.17) is 21.1 Å². The highest BCUT2D eigenvalue weighted by Crippen LogP contribution is 2.20. The summed E-state index contributed by atoms with van der Waals surface area (Å²) in [5, 5.41) is 3.03. The van der Waals surface area contributed by atoms with Crippen LogP contribution in [-0.4, -0.2) is 24.6 Å². The zero-order valence-corrected chi connectivity index (χ0v) is 15.3. The lowest BCUT2D eigenvalue weighted by molar-refractivity contribution is -0.148. The number of benzene rings is 2. The molecule has 0 aliphatic rings. The van der Waals surface area contributed by atoms with E-state index in [9.17, 15) is 9.59 Å². The number of hydrogen-bond donors (Lipinski definition) is 1. The number of halogens is 1. The van der Waals surface area contributed by atoms with Crippen LogP contribution in [0.4, 0.5) is 5.69 Å². The Kier molecular flexibility index (Phi) is 7.24. The molecule has 0 unspecified atom stereocenters. The second-order valence-electron chi connectivity index (χ2n) is 5.38. The lowest BCUT2D eigenvalue weighted by Crippen LogP contribution is -2.29. The van der Waals surface area contributed by atoms with Crippen LogP contribution in [-0.2, 0) is 14.3 Å². The van der Waals surface area contributed by atoms with Crippen LogP contribution in [0.1, 0.15) is 19.4 Å². The third-order valence-electron chi connectivity index (χ3n) is 3.40. The smallest absolute Gasteiger partial charge is 0.331 e. The molecule has 0 saturated heterocycles. The van der Waals surface area contributed by atoms with Crippen LogP contribution in [0.2, 0.25) is 5.02 Å². The Labute approximate surface area is 157 Å². The Bertz CT molecular complexity index is 787. The minimum absolute atomic E-state index is 0.412. The number of para-hydroxylation sites is 1. The van der Waals surface area contributed by atoms with Gasteiger partial charge in [0.2, 0.25) is 0 Å². The normalized spacial score (nSPS) is 11.8. The molecule has 0 aromatic heterocycles. The van der Waals surface area contributed by atoms with Crippen LogP contribution < -0.4 is 10.1 Å². The highest BCUT2D eigenvalue weighted by Gasteiger charge is 2.17. The van der Waals surface area contributed by atoms with Gasteiger partial charge in [0.15, 0.2) is 6.10 Å². The molecule has 0 radical (unpaired) electrons. The molecular weight excluding hydrogens is 354 g/mol. The highest BCUT2D eigenvalue weighted by molar-refractivity contribution is 6.33. The van der Waals surface area contributed by atoms with Crippen molar-refractivity contribution in [2.45, 2.75) is 20.0 Å². The van der Waals surface area contributed by atoms with Gasteiger partial charge in [-0.2, -0.15) is 0 Å². The molecule has 0 bridgehead atoms. The highest BCUT2D eigenvalue weighted by atomic mass is 35.5. The summed E-state index contributed by atoms with van der Waals surface area (Å²) in [6.07, 6.45) is 1.93. The maximum atomic E-state index is 12.1. The van der Waals surface area contributed by atoms with Gasteiger partial charge in [0, 0.05) is 6.08 Å². The van der Waals surface area contributed by atoms with Gasteiger partial charge in [-0.3, -0.25) is 4.79 Å². The van der Waals surface area contributed by atoms with Crippen molar-refractivity contribution in [3.63, 3.8) is 0 Å². The van der Waals surface area contributed by atoms with E-state index in [1.807, 2.05) is 31.2 Å². The number of anilines is 1. The SMILES string of the molecule is CCOc1ccc(/C=C/C(=O)O[C@@H](C)C(=O)Nc2ccccc2Cl)cc1. The number of amides is 1. The first-order chi connectivity index (χ1) is 12.5. The number of rotatable bonds is 7. The van der Waals surface area contributed by atoms with Gasteiger partial charge in [-0.15, -0.1) is 0 Å². The van der Waals surface area contributed by atoms with Gasteiger partial charge in [0.25, 0.3) is 5.91 Å². The Balaban J connectivity index is 1.87. The van der Waals surface area contributed by atoms with Crippen LogP contribution in [0.3, 0.4) is 0 Å². The fraction of sp³-hybridized carbons (Fsp3) is 0.200. The van der Waals surface area contributed by atoms with E-state index in [1.165, 1.54) is 13.0 Å². The summed E-state index contributed by atoms with van der Waals surface area (Å²) in [7, 11) is 0. The van der Waals surface area contributed by atoms with Crippen LogP contribution in [0.25, 0.3) is 6.08 Å². The molecule has 6 heteroatoms. The van der Waals surface area contributed by atoms with E-state index in [1.54, 1.807) is 30.3 Å². The number of carbonyl (C=O) groups is 2. The first-order valence-corrected chi connectivity index (χ1v) is 8.54. The molecule has 0 spiro atoms. The quantitative estimate of drug-likeness (QED) is 0.579. The lowest BCUT2D eigenvalue weighted by atomic mass is 10.2. The Morgan fingerprint density at radius 1 is 1.15 bits per heavy atom. The monoisotopic (exact) mass is 373 g/mol. The average Bonchev–Trinajstić information content (AvgIpc) is 2.63. The number of nitrogens with one attached hydrogen (secondary N) is 1. The van der Waals surface area contributed by atoms with Gasteiger partial charge in [0.1, 0.15) is 5.75 Å². The second-order valence-corrected chi connectivity index (χ2v) is 5.79. The topological polar surface area (TPSA) is 64.6 Å². The maximum absolute atomic E-state index is 12.1. The van der Waals surface area contributed by atoms with Gasteiger partial charge in [-0.05, 0) is 49.8 Å². The lowest BCUT2D eigenvalue weighted by Gasteiger charge is -2.13. The summed E-state index contributed by atoms with van der Waals surface area (Å²) < 4.78 is 10.5. The second kappa shape index (κ2) is 9.63. The molecule has 1 N–H and O–H groups in total. The van der Waals surface area contributed by atoms with E-state index >= 15 is 0 Å². The minimum Gasteiger partial charge on any atom is -0.494 e. The van der Waals surface area contributed by atoms with E-state index in [0.29, 0.717) is 17.3 Å². The molecule has 0 saturated carbocycles. The molecule has 136 valence electrons. The third kappa shape index (κ3) is 5.93. The molecule has 1 atom stereocenters. The Hall–Kier alpha value is -2.79. The first kappa shape index (κ1) is 19.5. The van der Waals surface area contributed by atoms with Crippen LogP contribution >= 0.6 is 11.6 Å². The summed E-state index contributed by atoms with van der Waals surface area (Å²) in [5.41, 5.74) is 1.28. The number of carbonyl (C=O) groups excluding carboxylic acids is 2. The molecule has 5 nitrogen and oxygen atoms in total. The van der Waals surface area contributed by atoms with Crippen LogP contribution in [0, 0.1) is 0 Å². The molecule has 1 amide bonds. The van der Waals surface area contributed by atoms with Gasteiger partial charge < -0.3 is 14.8 Å².